The van der Waals surface area contributed by atoms with Gasteiger partial charge in [0, 0.05) is 19.6 Å². The molecule has 3 heterocycles. The van der Waals surface area contributed by atoms with Gasteiger partial charge in [-0.15, -0.1) is 10.2 Å². The SMILES string of the molecule is Cc1noc(C)c1-c1nnc([C@H]2CN(Cc3ccccc3)C[C@@H](C)O2)o1. The van der Waals surface area contributed by atoms with Crippen LogP contribution in [0.3, 0.4) is 0 Å². The predicted molar refractivity (Wildman–Crippen MR) is 94.3 cm³/mol. The van der Waals surface area contributed by atoms with Gasteiger partial charge in [0.05, 0.1) is 11.8 Å². The van der Waals surface area contributed by atoms with Crippen molar-refractivity contribution < 1.29 is 13.7 Å². The Hall–Kier alpha value is -2.51. The summed E-state index contributed by atoms with van der Waals surface area (Å²) in [5, 5.41) is 12.3. The first-order valence-electron chi connectivity index (χ1n) is 8.78. The highest BCUT2D eigenvalue weighted by Crippen LogP contribution is 2.30. The number of morpholine rings is 1. The third-order valence-corrected chi connectivity index (χ3v) is 4.55. The highest BCUT2D eigenvalue weighted by Gasteiger charge is 2.31. The lowest BCUT2D eigenvalue weighted by molar-refractivity contribution is -0.0914. The normalized spacial score (nSPS) is 21.2. The number of aromatic nitrogens is 3. The van der Waals surface area contributed by atoms with Gasteiger partial charge < -0.3 is 13.7 Å². The number of aryl methyl sites for hydroxylation is 2. The molecule has 7 nitrogen and oxygen atoms in total. The monoisotopic (exact) mass is 354 g/mol. The molecule has 26 heavy (non-hydrogen) atoms. The molecule has 0 saturated carbocycles. The molecule has 7 heteroatoms. The van der Waals surface area contributed by atoms with Crippen molar-refractivity contribution in [3.05, 3.63) is 53.2 Å². The van der Waals surface area contributed by atoms with Gasteiger partial charge in [0.1, 0.15) is 17.4 Å². The van der Waals surface area contributed by atoms with Crippen LogP contribution in [0.25, 0.3) is 11.5 Å². The molecule has 2 aromatic heterocycles. The highest BCUT2D eigenvalue weighted by molar-refractivity contribution is 5.57. The minimum Gasteiger partial charge on any atom is -0.418 e. The van der Waals surface area contributed by atoms with E-state index in [4.69, 9.17) is 13.7 Å². The molecule has 0 radical (unpaired) electrons. The first-order chi connectivity index (χ1) is 12.6. The average molecular weight is 354 g/mol. The summed E-state index contributed by atoms with van der Waals surface area (Å²) in [6.45, 7) is 8.21. The van der Waals surface area contributed by atoms with Crippen LogP contribution in [-0.4, -0.2) is 39.4 Å². The van der Waals surface area contributed by atoms with Gasteiger partial charge >= 0.3 is 0 Å². The Bertz CT molecular complexity index is 855. The van der Waals surface area contributed by atoms with E-state index in [0.717, 1.165) is 24.3 Å². The summed E-state index contributed by atoms with van der Waals surface area (Å²) in [5.74, 6) is 1.58. The Morgan fingerprint density at radius 2 is 1.92 bits per heavy atom. The molecule has 0 aliphatic carbocycles. The van der Waals surface area contributed by atoms with Crippen LogP contribution in [0.2, 0.25) is 0 Å². The smallest absolute Gasteiger partial charge is 0.253 e. The lowest BCUT2D eigenvalue weighted by Gasteiger charge is -2.35. The molecular formula is C19H22N4O3. The Morgan fingerprint density at radius 3 is 2.65 bits per heavy atom. The van der Waals surface area contributed by atoms with Crippen LogP contribution in [-0.2, 0) is 11.3 Å². The Labute approximate surface area is 152 Å². The van der Waals surface area contributed by atoms with Crippen LogP contribution in [0.5, 0.6) is 0 Å². The van der Waals surface area contributed by atoms with Gasteiger partial charge in [0.2, 0.25) is 5.89 Å². The van der Waals surface area contributed by atoms with Crippen LogP contribution in [0, 0.1) is 13.8 Å². The third-order valence-electron chi connectivity index (χ3n) is 4.55. The minimum atomic E-state index is -0.246. The molecular weight excluding hydrogens is 332 g/mol. The van der Waals surface area contributed by atoms with Gasteiger partial charge in [-0.25, -0.2) is 0 Å². The zero-order valence-corrected chi connectivity index (χ0v) is 15.2. The first-order valence-corrected chi connectivity index (χ1v) is 8.78. The van der Waals surface area contributed by atoms with E-state index in [2.05, 4.69) is 51.4 Å². The van der Waals surface area contributed by atoms with Crippen LogP contribution in [0.1, 0.15) is 35.9 Å². The Kier molecular flexibility index (Phi) is 4.57. The first kappa shape index (κ1) is 16.9. The zero-order valence-electron chi connectivity index (χ0n) is 15.2. The van der Waals surface area contributed by atoms with E-state index in [-0.39, 0.29) is 12.2 Å². The molecule has 0 amide bonds. The van der Waals surface area contributed by atoms with Gasteiger partial charge in [-0.2, -0.15) is 0 Å². The van der Waals surface area contributed by atoms with Crippen LogP contribution >= 0.6 is 0 Å². The van der Waals surface area contributed by atoms with Gasteiger partial charge in [0.15, 0.2) is 0 Å². The van der Waals surface area contributed by atoms with E-state index in [1.165, 1.54) is 5.56 Å². The summed E-state index contributed by atoms with van der Waals surface area (Å²) in [6.07, 6.45) is -0.156. The molecule has 3 aromatic rings. The topological polar surface area (TPSA) is 77.4 Å². The maximum atomic E-state index is 6.05. The van der Waals surface area contributed by atoms with Gasteiger partial charge in [0.25, 0.3) is 5.89 Å². The molecule has 1 aliphatic rings. The number of hydrogen-bond acceptors (Lipinski definition) is 7. The maximum absolute atomic E-state index is 6.05. The lowest BCUT2D eigenvalue weighted by Crippen LogP contribution is -2.42. The van der Waals surface area contributed by atoms with Crippen molar-refractivity contribution in [2.24, 2.45) is 0 Å². The van der Waals surface area contributed by atoms with Crippen molar-refractivity contribution in [2.75, 3.05) is 13.1 Å². The van der Waals surface area contributed by atoms with E-state index < -0.39 is 0 Å². The summed E-state index contributed by atoms with van der Waals surface area (Å²) >= 11 is 0. The van der Waals surface area contributed by atoms with E-state index in [0.29, 0.717) is 24.1 Å². The minimum absolute atomic E-state index is 0.0897. The van der Waals surface area contributed by atoms with E-state index in [1.807, 2.05) is 19.9 Å². The number of rotatable bonds is 4. The van der Waals surface area contributed by atoms with Crippen LogP contribution in [0.4, 0.5) is 0 Å². The van der Waals surface area contributed by atoms with Gasteiger partial charge in [-0.05, 0) is 26.3 Å². The second kappa shape index (κ2) is 7.01. The summed E-state index contributed by atoms with van der Waals surface area (Å²) in [7, 11) is 0. The number of hydrogen-bond donors (Lipinski definition) is 0. The third kappa shape index (κ3) is 3.40. The fraction of sp³-hybridized carbons (Fsp3) is 0.421. The molecule has 2 atom stereocenters. The number of benzene rings is 1. The second-order valence-electron chi connectivity index (χ2n) is 6.76. The highest BCUT2D eigenvalue weighted by atomic mass is 16.5. The van der Waals surface area contributed by atoms with Gasteiger partial charge in [-0.3, -0.25) is 4.90 Å². The molecule has 0 N–H and O–H groups in total. The van der Waals surface area contributed by atoms with Crippen molar-refractivity contribution in [1.29, 1.82) is 0 Å². The molecule has 0 spiro atoms. The number of ether oxygens (including phenoxy) is 1. The predicted octanol–water partition coefficient (Wildman–Crippen LogP) is 3.30. The second-order valence-corrected chi connectivity index (χ2v) is 6.76. The number of nitrogens with zero attached hydrogens (tertiary/aromatic N) is 4. The molecule has 1 aliphatic heterocycles. The molecule has 0 bridgehead atoms. The summed E-state index contributed by atoms with van der Waals surface area (Å²) in [5.41, 5.74) is 2.78. The van der Waals surface area contributed by atoms with Crippen molar-refractivity contribution in [1.82, 2.24) is 20.3 Å². The molecule has 4 rings (SSSR count). The van der Waals surface area contributed by atoms with Crippen LogP contribution in [0.15, 0.2) is 39.3 Å². The van der Waals surface area contributed by atoms with E-state index >= 15 is 0 Å². The van der Waals surface area contributed by atoms with E-state index in [1.54, 1.807) is 0 Å². The molecule has 1 saturated heterocycles. The summed E-state index contributed by atoms with van der Waals surface area (Å²) in [6, 6.07) is 10.4. The maximum Gasteiger partial charge on any atom is 0.253 e. The van der Waals surface area contributed by atoms with Crippen molar-refractivity contribution >= 4 is 0 Å². The zero-order chi connectivity index (χ0) is 18.1. The summed E-state index contributed by atoms with van der Waals surface area (Å²) in [4.78, 5) is 2.36. The Morgan fingerprint density at radius 1 is 1.12 bits per heavy atom. The quantitative estimate of drug-likeness (QED) is 0.711. The Balaban J connectivity index is 1.52. The molecule has 1 fully saturated rings. The van der Waals surface area contributed by atoms with Crippen molar-refractivity contribution in [3.8, 4) is 11.5 Å². The largest absolute Gasteiger partial charge is 0.418 e. The lowest BCUT2D eigenvalue weighted by atomic mass is 10.1. The van der Waals surface area contributed by atoms with Crippen molar-refractivity contribution in [3.63, 3.8) is 0 Å². The van der Waals surface area contributed by atoms with Crippen molar-refractivity contribution in [2.45, 2.75) is 39.5 Å². The molecule has 136 valence electrons. The fourth-order valence-electron chi connectivity index (χ4n) is 3.40. The van der Waals surface area contributed by atoms with E-state index in [9.17, 15) is 0 Å². The average Bonchev–Trinajstić information content (AvgIpc) is 3.22. The molecule has 0 unspecified atom stereocenters. The fourth-order valence-corrected chi connectivity index (χ4v) is 3.40. The molecule has 1 aromatic carbocycles. The van der Waals surface area contributed by atoms with Gasteiger partial charge in [-0.1, -0.05) is 35.5 Å². The van der Waals surface area contributed by atoms with Crippen LogP contribution < -0.4 is 0 Å². The summed E-state index contributed by atoms with van der Waals surface area (Å²) < 4.78 is 17.1. The standard InChI is InChI=1S/C19H22N4O3/c1-12-9-23(10-15-7-5-4-6-8-15)11-16(24-12)18-20-21-19(25-18)17-13(2)22-26-14(17)3/h4-8,12,16H,9-11H2,1-3H3/t12-,16-/m1/s1.